The van der Waals surface area contributed by atoms with Crippen LogP contribution in [0.5, 0.6) is 0 Å². The SMILES string of the molecule is CCC(CC)N(C)c1ccc(C#N)cc1N. The molecule has 86 valence electrons. The molecule has 16 heavy (non-hydrogen) atoms. The smallest absolute Gasteiger partial charge is 0.0992 e. The highest BCUT2D eigenvalue weighted by Crippen LogP contribution is 2.26. The topological polar surface area (TPSA) is 53.0 Å². The van der Waals surface area contributed by atoms with E-state index >= 15 is 0 Å². The Morgan fingerprint density at radius 3 is 2.44 bits per heavy atom. The molecular formula is C13H19N3. The van der Waals surface area contributed by atoms with Crippen LogP contribution in [0.3, 0.4) is 0 Å². The van der Waals surface area contributed by atoms with E-state index in [-0.39, 0.29) is 0 Å². The van der Waals surface area contributed by atoms with Crippen LogP contribution >= 0.6 is 0 Å². The lowest BCUT2D eigenvalue weighted by Gasteiger charge is -2.29. The van der Waals surface area contributed by atoms with Crippen molar-refractivity contribution in [1.82, 2.24) is 0 Å². The zero-order chi connectivity index (χ0) is 12.1. The zero-order valence-corrected chi connectivity index (χ0v) is 10.2. The second-order valence-electron chi connectivity index (χ2n) is 3.97. The standard InChI is InChI=1S/C13H19N3/c1-4-11(5-2)16(3)13-7-6-10(9-14)8-12(13)15/h6-8,11H,4-5,15H2,1-3H3. The molecule has 1 aromatic carbocycles. The fourth-order valence-corrected chi connectivity index (χ4v) is 1.98. The second-order valence-corrected chi connectivity index (χ2v) is 3.97. The second kappa shape index (κ2) is 5.41. The van der Waals surface area contributed by atoms with E-state index in [0.29, 0.717) is 17.3 Å². The van der Waals surface area contributed by atoms with Gasteiger partial charge in [0.2, 0.25) is 0 Å². The summed E-state index contributed by atoms with van der Waals surface area (Å²) in [6, 6.07) is 8.05. The lowest BCUT2D eigenvalue weighted by molar-refractivity contribution is 0.592. The van der Waals surface area contributed by atoms with Crippen LogP contribution in [0.1, 0.15) is 32.3 Å². The van der Waals surface area contributed by atoms with Crippen LogP contribution in [0.25, 0.3) is 0 Å². The van der Waals surface area contributed by atoms with Crippen molar-refractivity contribution in [3.05, 3.63) is 23.8 Å². The Balaban J connectivity index is 3.00. The van der Waals surface area contributed by atoms with Crippen LogP contribution in [-0.2, 0) is 0 Å². The molecule has 0 aliphatic rings. The predicted molar refractivity (Wildman–Crippen MR) is 68.3 cm³/mol. The molecule has 3 heteroatoms. The number of nitriles is 1. The molecular weight excluding hydrogens is 198 g/mol. The van der Waals surface area contributed by atoms with Crippen molar-refractivity contribution in [3.63, 3.8) is 0 Å². The van der Waals surface area contributed by atoms with E-state index in [2.05, 4.69) is 31.9 Å². The summed E-state index contributed by atoms with van der Waals surface area (Å²) in [7, 11) is 2.05. The van der Waals surface area contributed by atoms with E-state index in [9.17, 15) is 0 Å². The number of hydrogen-bond donors (Lipinski definition) is 1. The molecule has 0 spiro atoms. The Labute approximate surface area is 97.5 Å². The van der Waals surface area contributed by atoms with Crippen LogP contribution in [0.2, 0.25) is 0 Å². The van der Waals surface area contributed by atoms with E-state index in [1.54, 1.807) is 6.07 Å². The minimum Gasteiger partial charge on any atom is -0.397 e. The Morgan fingerprint density at radius 1 is 1.38 bits per heavy atom. The lowest BCUT2D eigenvalue weighted by atomic mass is 10.1. The van der Waals surface area contributed by atoms with Gasteiger partial charge in [-0.1, -0.05) is 13.8 Å². The van der Waals surface area contributed by atoms with Gasteiger partial charge in [0.15, 0.2) is 0 Å². The lowest BCUT2D eigenvalue weighted by Crippen LogP contribution is -2.30. The summed E-state index contributed by atoms with van der Waals surface area (Å²) in [5, 5.41) is 8.77. The summed E-state index contributed by atoms with van der Waals surface area (Å²) < 4.78 is 0. The number of nitrogen functional groups attached to an aromatic ring is 1. The minimum absolute atomic E-state index is 0.496. The highest BCUT2D eigenvalue weighted by Gasteiger charge is 2.13. The summed E-state index contributed by atoms with van der Waals surface area (Å²) in [6.07, 6.45) is 2.18. The molecule has 0 saturated heterocycles. The summed E-state index contributed by atoms with van der Waals surface area (Å²) in [4.78, 5) is 2.19. The number of nitrogens with two attached hydrogens (primary N) is 1. The Morgan fingerprint density at radius 2 is 2.00 bits per heavy atom. The van der Waals surface area contributed by atoms with E-state index in [1.165, 1.54) is 0 Å². The van der Waals surface area contributed by atoms with Gasteiger partial charge in [0.1, 0.15) is 0 Å². The van der Waals surface area contributed by atoms with Gasteiger partial charge in [0.05, 0.1) is 23.0 Å². The molecule has 0 aliphatic carbocycles. The fourth-order valence-electron chi connectivity index (χ4n) is 1.98. The third kappa shape index (κ3) is 2.46. The van der Waals surface area contributed by atoms with Crippen LogP contribution < -0.4 is 10.6 Å². The van der Waals surface area contributed by atoms with Crippen LogP contribution in [0, 0.1) is 11.3 Å². The summed E-state index contributed by atoms with van der Waals surface area (Å²) >= 11 is 0. The molecule has 1 rings (SSSR count). The summed E-state index contributed by atoms with van der Waals surface area (Å²) in [5.41, 5.74) is 8.24. The quantitative estimate of drug-likeness (QED) is 0.789. The van der Waals surface area contributed by atoms with Crippen molar-refractivity contribution in [2.45, 2.75) is 32.7 Å². The maximum Gasteiger partial charge on any atom is 0.0992 e. The summed E-state index contributed by atoms with van der Waals surface area (Å²) in [6.45, 7) is 4.34. The molecule has 2 N–H and O–H groups in total. The van der Waals surface area contributed by atoms with Crippen molar-refractivity contribution in [2.24, 2.45) is 0 Å². The molecule has 1 aromatic rings. The highest BCUT2D eigenvalue weighted by molar-refractivity contribution is 5.69. The Bertz CT molecular complexity index is 389. The third-order valence-electron chi connectivity index (χ3n) is 3.03. The fraction of sp³-hybridized carbons (Fsp3) is 0.462. The van der Waals surface area contributed by atoms with Crippen molar-refractivity contribution < 1.29 is 0 Å². The third-order valence-corrected chi connectivity index (χ3v) is 3.03. The van der Waals surface area contributed by atoms with E-state index in [1.807, 2.05) is 12.1 Å². The van der Waals surface area contributed by atoms with Crippen molar-refractivity contribution in [2.75, 3.05) is 17.7 Å². The molecule has 0 radical (unpaired) electrons. The number of anilines is 2. The maximum absolute atomic E-state index is 8.77. The first-order chi connectivity index (χ1) is 7.63. The van der Waals surface area contributed by atoms with Crippen molar-refractivity contribution >= 4 is 11.4 Å². The number of benzene rings is 1. The van der Waals surface area contributed by atoms with Crippen LogP contribution in [0.4, 0.5) is 11.4 Å². The Kier molecular flexibility index (Phi) is 4.19. The molecule has 3 nitrogen and oxygen atoms in total. The molecule has 0 saturated carbocycles. The normalized spacial score (nSPS) is 10.2. The van der Waals surface area contributed by atoms with Gasteiger partial charge in [0.25, 0.3) is 0 Å². The maximum atomic E-state index is 8.77. The van der Waals surface area contributed by atoms with Gasteiger partial charge in [-0.15, -0.1) is 0 Å². The van der Waals surface area contributed by atoms with Gasteiger partial charge in [0, 0.05) is 13.1 Å². The largest absolute Gasteiger partial charge is 0.397 e. The van der Waals surface area contributed by atoms with Gasteiger partial charge in [-0.25, -0.2) is 0 Å². The monoisotopic (exact) mass is 217 g/mol. The molecule has 0 fully saturated rings. The van der Waals surface area contributed by atoms with Gasteiger partial charge in [-0.05, 0) is 31.0 Å². The van der Waals surface area contributed by atoms with Gasteiger partial charge in [-0.3, -0.25) is 0 Å². The minimum atomic E-state index is 0.496. The number of nitrogens with zero attached hydrogens (tertiary/aromatic N) is 2. The zero-order valence-electron chi connectivity index (χ0n) is 10.2. The summed E-state index contributed by atoms with van der Waals surface area (Å²) in [5.74, 6) is 0. The van der Waals surface area contributed by atoms with Crippen molar-refractivity contribution in [1.29, 1.82) is 5.26 Å². The van der Waals surface area contributed by atoms with E-state index in [0.717, 1.165) is 18.5 Å². The number of rotatable bonds is 4. The first-order valence-corrected chi connectivity index (χ1v) is 5.66. The van der Waals surface area contributed by atoms with Gasteiger partial charge >= 0.3 is 0 Å². The highest BCUT2D eigenvalue weighted by atomic mass is 15.1. The van der Waals surface area contributed by atoms with Gasteiger partial charge < -0.3 is 10.6 Å². The average Bonchev–Trinajstić information content (AvgIpc) is 2.30. The van der Waals surface area contributed by atoms with Crippen LogP contribution in [0.15, 0.2) is 18.2 Å². The molecule has 0 unspecified atom stereocenters. The van der Waals surface area contributed by atoms with E-state index in [4.69, 9.17) is 11.0 Å². The van der Waals surface area contributed by atoms with Crippen molar-refractivity contribution in [3.8, 4) is 6.07 Å². The Hall–Kier alpha value is -1.69. The molecule has 0 atom stereocenters. The first-order valence-electron chi connectivity index (χ1n) is 5.66. The van der Waals surface area contributed by atoms with Crippen LogP contribution in [-0.4, -0.2) is 13.1 Å². The van der Waals surface area contributed by atoms with Gasteiger partial charge in [-0.2, -0.15) is 5.26 Å². The predicted octanol–water partition coefficient (Wildman–Crippen LogP) is 2.77. The average molecular weight is 217 g/mol. The molecule has 0 bridgehead atoms. The molecule has 0 aromatic heterocycles. The molecule has 0 heterocycles. The first kappa shape index (κ1) is 12.4. The number of hydrogen-bond acceptors (Lipinski definition) is 3. The molecule has 0 aliphatic heterocycles. The molecule has 0 amide bonds. The van der Waals surface area contributed by atoms with E-state index < -0.39 is 0 Å².